The molecule has 3 nitrogen and oxygen atoms in total. The van der Waals surface area contributed by atoms with Crippen molar-refractivity contribution in [2.45, 2.75) is 32.1 Å². The Labute approximate surface area is 78.8 Å². The number of carbonyl (C=O) groups excluding carboxylic acids is 1. The van der Waals surface area contributed by atoms with Gasteiger partial charge in [0.1, 0.15) is 6.61 Å². The molecule has 0 aromatic carbocycles. The van der Waals surface area contributed by atoms with Gasteiger partial charge < -0.3 is 9.47 Å². The monoisotopic (exact) mass is 192 g/mol. The zero-order valence-corrected chi connectivity index (χ0v) is 8.64. The summed E-state index contributed by atoms with van der Waals surface area (Å²) < 4.78 is 9.98. The second-order valence-corrected chi connectivity index (χ2v) is 3.54. The van der Waals surface area contributed by atoms with Crippen molar-refractivity contribution in [1.29, 1.82) is 0 Å². The van der Waals surface area contributed by atoms with Crippen LogP contribution in [0.25, 0.3) is 0 Å². The van der Waals surface area contributed by atoms with Crippen LogP contribution in [-0.2, 0) is 14.3 Å². The van der Waals surface area contributed by atoms with Crippen molar-refractivity contribution in [1.82, 2.24) is 0 Å². The SMILES string of the molecule is CC(C)OCCOC(=O)C(C)S. The molecule has 0 heterocycles. The van der Waals surface area contributed by atoms with E-state index in [0.29, 0.717) is 13.2 Å². The molecule has 0 aliphatic rings. The van der Waals surface area contributed by atoms with E-state index in [1.807, 2.05) is 13.8 Å². The van der Waals surface area contributed by atoms with Crippen molar-refractivity contribution < 1.29 is 14.3 Å². The fourth-order valence-electron chi connectivity index (χ4n) is 0.547. The summed E-state index contributed by atoms with van der Waals surface area (Å²) in [6.07, 6.45) is 0.178. The van der Waals surface area contributed by atoms with Crippen LogP contribution in [0.15, 0.2) is 0 Å². The highest BCUT2D eigenvalue weighted by atomic mass is 32.1. The van der Waals surface area contributed by atoms with Gasteiger partial charge in [0.15, 0.2) is 0 Å². The average Bonchev–Trinajstić information content (AvgIpc) is 1.97. The summed E-state index contributed by atoms with van der Waals surface area (Å²) in [6.45, 7) is 6.30. The van der Waals surface area contributed by atoms with E-state index in [2.05, 4.69) is 12.6 Å². The molecule has 1 atom stereocenters. The molecule has 0 amide bonds. The van der Waals surface area contributed by atoms with Crippen LogP contribution in [0.5, 0.6) is 0 Å². The molecule has 0 aliphatic heterocycles. The molecule has 0 aromatic heterocycles. The third-order valence-electron chi connectivity index (χ3n) is 1.12. The highest BCUT2D eigenvalue weighted by Gasteiger charge is 2.08. The number of thiol groups is 1. The van der Waals surface area contributed by atoms with Gasteiger partial charge in [-0.05, 0) is 20.8 Å². The Morgan fingerprint density at radius 3 is 2.33 bits per heavy atom. The number of ether oxygens (including phenoxy) is 2. The van der Waals surface area contributed by atoms with E-state index in [1.54, 1.807) is 6.92 Å². The second kappa shape index (κ2) is 6.31. The van der Waals surface area contributed by atoms with E-state index < -0.39 is 0 Å². The van der Waals surface area contributed by atoms with Gasteiger partial charge in [-0.2, -0.15) is 12.6 Å². The lowest BCUT2D eigenvalue weighted by Crippen LogP contribution is -2.18. The summed E-state index contributed by atoms with van der Waals surface area (Å²) in [5.74, 6) is -0.300. The first kappa shape index (κ1) is 11.8. The lowest BCUT2D eigenvalue weighted by Gasteiger charge is -2.08. The average molecular weight is 192 g/mol. The Hall–Kier alpha value is -0.220. The van der Waals surface area contributed by atoms with E-state index >= 15 is 0 Å². The van der Waals surface area contributed by atoms with Gasteiger partial charge >= 0.3 is 5.97 Å². The van der Waals surface area contributed by atoms with Crippen molar-refractivity contribution in [3.63, 3.8) is 0 Å². The van der Waals surface area contributed by atoms with Crippen LogP contribution in [0, 0.1) is 0 Å². The smallest absolute Gasteiger partial charge is 0.318 e. The van der Waals surface area contributed by atoms with Crippen molar-refractivity contribution in [2.75, 3.05) is 13.2 Å². The molecule has 0 spiro atoms. The first-order valence-electron chi connectivity index (χ1n) is 4.00. The van der Waals surface area contributed by atoms with Crippen LogP contribution in [0.3, 0.4) is 0 Å². The predicted octanol–water partition coefficient (Wildman–Crippen LogP) is 1.27. The zero-order chi connectivity index (χ0) is 9.56. The fourth-order valence-corrected chi connectivity index (χ4v) is 0.621. The minimum atomic E-state index is -0.357. The fraction of sp³-hybridized carbons (Fsp3) is 0.875. The van der Waals surface area contributed by atoms with Gasteiger partial charge in [-0.3, -0.25) is 4.79 Å². The first-order valence-corrected chi connectivity index (χ1v) is 4.52. The zero-order valence-electron chi connectivity index (χ0n) is 7.74. The normalized spacial score (nSPS) is 13.1. The Kier molecular flexibility index (Phi) is 6.20. The molecule has 0 aromatic rings. The quantitative estimate of drug-likeness (QED) is 0.405. The van der Waals surface area contributed by atoms with Gasteiger partial charge in [0.05, 0.1) is 18.0 Å². The first-order chi connectivity index (χ1) is 5.54. The Balaban J connectivity index is 3.26. The molecule has 12 heavy (non-hydrogen) atoms. The van der Waals surface area contributed by atoms with Crippen molar-refractivity contribution in [3.05, 3.63) is 0 Å². The lowest BCUT2D eigenvalue weighted by molar-refractivity contribution is -0.144. The predicted molar refractivity (Wildman–Crippen MR) is 50.5 cm³/mol. The molecule has 1 unspecified atom stereocenters. The van der Waals surface area contributed by atoms with Gasteiger partial charge in [-0.15, -0.1) is 0 Å². The number of hydrogen-bond acceptors (Lipinski definition) is 4. The minimum absolute atomic E-state index is 0.178. The molecule has 0 aliphatic carbocycles. The van der Waals surface area contributed by atoms with Crippen LogP contribution >= 0.6 is 12.6 Å². The Bertz CT molecular complexity index is 134. The van der Waals surface area contributed by atoms with E-state index in [1.165, 1.54) is 0 Å². The molecule has 0 bridgehead atoms. The summed E-state index contributed by atoms with van der Waals surface area (Å²) in [5.41, 5.74) is 0. The number of hydrogen-bond donors (Lipinski definition) is 1. The molecule has 0 fully saturated rings. The third-order valence-corrected chi connectivity index (χ3v) is 1.33. The van der Waals surface area contributed by atoms with Crippen LogP contribution in [0.4, 0.5) is 0 Å². The molecule has 0 saturated heterocycles. The summed E-state index contributed by atoms with van der Waals surface area (Å²) in [6, 6.07) is 0. The maximum absolute atomic E-state index is 10.8. The van der Waals surface area contributed by atoms with Gasteiger partial charge in [0.2, 0.25) is 0 Å². The summed E-state index contributed by atoms with van der Waals surface area (Å²) >= 11 is 3.92. The molecular formula is C8H16O3S. The maximum Gasteiger partial charge on any atom is 0.318 e. The minimum Gasteiger partial charge on any atom is -0.462 e. The molecule has 0 N–H and O–H groups in total. The maximum atomic E-state index is 10.8. The van der Waals surface area contributed by atoms with Crippen molar-refractivity contribution in [3.8, 4) is 0 Å². The Morgan fingerprint density at radius 2 is 1.92 bits per heavy atom. The molecule has 72 valence electrons. The highest BCUT2D eigenvalue weighted by molar-refractivity contribution is 7.81. The second-order valence-electron chi connectivity index (χ2n) is 2.76. The van der Waals surface area contributed by atoms with Crippen LogP contribution in [0.2, 0.25) is 0 Å². The summed E-state index contributed by atoms with van der Waals surface area (Å²) in [5, 5.41) is -0.357. The number of esters is 1. The van der Waals surface area contributed by atoms with Gasteiger partial charge in [-0.25, -0.2) is 0 Å². The number of carbonyl (C=O) groups is 1. The Morgan fingerprint density at radius 1 is 1.33 bits per heavy atom. The number of rotatable bonds is 5. The summed E-state index contributed by atoms with van der Waals surface area (Å²) in [7, 11) is 0. The van der Waals surface area contributed by atoms with Gasteiger partial charge in [0, 0.05) is 0 Å². The van der Waals surface area contributed by atoms with Gasteiger partial charge in [-0.1, -0.05) is 0 Å². The van der Waals surface area contributed by atoms with Crippen molar-refractivity contribution >= 4 is 18.6 Å². The third kappa shape index (κ3) is 6.49. The highest BCUT2D eigenvalue weighted by Crippen LogP contribution is 1.96. The lowest BCUT2D eigenvalue weighted by atomic mass is 10.5. The summed E-state index contributed by atoms with van der Waals surface area (Å²) in [4.78, 5) is 10.8. The largest absolute Gasteiger partial charge is 0.462 e. The van der Waals surface area contributed by atoms with Crippen molar-refractivity contribution in [2.24, 2.45) is 0 Å². The van der Waals surface area contributed by atoms with E-state index in [4.69, 9.17) is 9.47 Å². The molecule has 4 heteroatoms. The standard InChI is InChI=1S/C8H16O3S/c1-6(2)10-4-5-11-8(9)7(3)12/h6-7,12H,4-5H2,1-3H3. The van der Waals surface area contributed by atoms with E-state index in [0.717, 1.165) is 0 Å². The molecule has 0 saturated carbocycles. The molecule has 0 radical (unpaired) electrons. The molecule has 0 rings (SSSR count). The van der Waals surface area contributed by atoms with E-state index in [-0.39, 0.29) is 17.3 Å². The van der Waals surface area contributed by atoms with Crippen LogP contribution in [0.1, 0.15) is 20.8 Å². The molecular weight excluding hydrogens is 176 g/mol. The van der Waals surface area contributed by atoms with E-state index in [9.17, 15) is 4.79 Å². The van der Waals surface area contributed by atoms with Gasteiger partial charge in [0.25, 0.3) is 0 Å². The topological polar surface area (TPSA) is 35.5 Å². The van der Waals surface area contributed by atoms with Crippen LogP contribution < -0.4 is 0 Å². The van der Waals surface area contributed by atoms with Crippen LogP contribution in [-0.4, -0.2) is 30.5 Å².